The van der Waals surface area contributed by atoms with Gasteiger partial charge in [0, 0.05) is 12.6 Å². The highest BCUT2D eigenvalue weighted by Crippen LogP contribution is 2.20. The molecule has 0 aromatic carbocycles. The second-order valence-electron chi connectivity index (χ2n) is 3.30. The van der Waals surface area contributed by atoms with Crippen LogP contribution in [0, 0.1) is 0 Å². The highest BCUT2D eigenvalue weighted by molar-refractivity contribution is 6.99. The van der Waals surface area contributed by atoms with Crippen LogP contribution in [0.1, 0.15) is 6.42 Å². The van der Waals surface area contributed by atoms with E-state index in [0.29, 0.717) is 11.2 Å². The van der Waals surface area contributed by atoms with Gasteiger partial charge in [0.25, 0.3) is 0 Å². The molecule has 0 amide bonds. The quantitative estimate of drug-likeness (QED) is 0.813. The van der Waals surface area contributed by atoms with E-state index in [2.05, 4.69) is 26.0 Å². The molecule has 6 heteroatoms. The Morgan fingerprint density at radius 2 is 2.46 bits per heavy atom. The largest absolute Gasteiger partial charge is 0.363 e. The van der Waals surface area contributed by atoms with Crippen molar-refractivity contribution in [2.45, 2.75) is 12.5 Å². The minimum absolute atomic E-state index is 0.464. The van der Waals surface area contributed by atoms with E-state index in [0.717, 1.165) is 37.1 Å². The van der Waals surface area contributed by atoms with Gasteiger partial charge < -0.3 is 10.2 Å². The summed E-state index contributed by atoms with van der Waals surface area (Å²) in [4.78, 5) is 2.28. The topological polar surface area (TPSA) is 41.0 Å². The number of nitrogens with zero attached hydrogens (tertiary/aromatic N) is 3. The van der Waals surface area contributed by atoms with E-state index < -0.39 is 0 Å². The number of hydrogen-bond donors (Lipinski definition) is 1. The Labute approximate surface area is 86.2 Å². The minimum Gasteiger partial charge on any atom is -0.363 e. The Balaban J connectivity index is 1.95. The van der Waals surface area contributed by atoms with Crippen LogP contribution in [0.5, 0.6) is 0 Å². The van der Waals surface area contributed by atoms with Crippen molar-refractivity contribution < 1.29 is 0 Å². The molecule has 1 aromatic rings. The Kier molecular flexibility index (Phi) is 2.66. The minimum atomic E-state index is 0.464. The van der Waals surface area contributed by atoms with Gasteiger partial charge in [-0.2, -0.15) is 8.75 Å². The van der Waals surface area contributed by atoms with E-state index >= 15 is 0 Å². The first-order chi connectivity index (χ1) is 6.25. The highest BCUT2D eigenvalue weighted by Gasteiger charge is 2.20. The number of anilines is 1. The highest BCUT2D eigenvalue weighted by atomic mass is 35.5. The number of halogens is 1. The van der Waals surface area contributed by atoms with Crippen molar-refractivity contribution in [3.8, 4) is 0 Å². The molecule has 2 rings (SSSR count). The summed E-state index contributed by atoms with van der Waals surface area (Å²) in [7, 11) is 2.11. The van der Waals surface area contributed by atoms with E-state index in [1.807, 2.05) is 0 Å². The molecule has 1 unspecified atom stereocenters. The van der Waals surface area contributed by atoms with Gasteiger partial charge >= 0.3 is 0 Å². The lowest BCUT2D eigenvalue weighted by Crippen LogP contribution is -2.23. The summed E-state index contributed by atoms with van der Waals surface area (Å²) in [5.74, 6) is 0.729. The number of likely N-dealkylation sites (N-methyl/N-ethyl adjacent to an activating group) is 1. The monoisotopic (exact) mass is 218 g/mol. The fourth-order valence-electron chi connectivity index (χ4n) is 1.51. The lowest BCUT2D eigenvalue weighted by Gasteiger charge is -2.11. The second kappa shape index (κ2) is 3.77. The second-order valence-corrected chi connectivity index (χ2v) is 4.18. The van der Waals surface area contributed by atoms with Crippen molar-refractivity contribution in [2.24, 2.45) is 0 Å². The molecule has 1 aliphatic heterocycles. The van der Waals surface area contributed by atoms with E-state index in [-0.39, 0.29) is 0 Å². The molecule has 2 heterocycles. The Hall–Kier alpha value is -0.390. The van der Waals surface area contributed by atoms with Gasteiger partial charge in [0.15, 0.2) is 11.0 Å². The van der Waals surface area contributed by atoms with Crippen LogP contribution >= 0.6 is 23.3 Å². The third-order valence-electron chi connectivity index (χ3n) is 2.18. The number of rotatable bonds is 2. The van der Waals surface area contributed by atoms with Gasteiger partial charge in [-0.15, -0.1) is 0 Å². The Morgan fingerprint density at radius 3 is 3.00 bits per heavy atom. The van der Waals surface area contributed by atoms with E-state index in [4.69, 9.17) is 11.6 Å². The molecule has 0 aliphatic carbocycles. The summed E-state index contributed by atoms with van der Waals surface area (Å²) in [6.07, 6.45) is 1.14. The molecular formula is C7H11ClN4S. The van der Waals surface area contributed by atoms with Crippen molar-refractivity contribution >= 4 is 29.1 Å². The van der Waals surface area contributed by atoms with Crippen LogP contribution in [0.15, 0.2) is 0 Å². The van der Waals surface area contributed by atoms with Crippen LogP contribution in [0.2, 0.25) is 5.15 Å². The third-order valence-corrected chi connectivity index (χ3v) is 3.07. The fourth-order valence-corrected chi connectivity index (χ4v) is 2.17. The van der Waals surface area contributed by atoms with E-state index in [9.17, 15) is 0 Å². The molecule has 0 spiro atoms. The predicted molar refractivity (Wildman–Crippen MR) is 54.4 cm³/mol. The summed E-state index contributed by atoms with van der Waals surface area (Å²) in [5, 5.41) is 3.77. The Morgan fingerprint density at radius 1 is 1.62 bits per heavy atom. The average Bonchev–Trinajstić information content (AvgIpc) is 2.64. The first-order valence-corrected chi connectivity index (χ1v) is 5.29. The molecule has 0 radical (unpaired) electrons. The average molecular weight is 219 g/mol. The van der Waals surface area contributed by atoms with Crippen LogP contribution in [0.3, 0.4) is 0 Å². The van der Waals surface area contributed by atoms with Gasteiger partial charge in [0.2, 0.25) is 0 Å². The van der Waals surface area contributed by atoms with Gasteiger partial charge in [-0.05, 0) is 20.0 Å². The van der Waals surface area contributed by atoms with Crippen molar-refractivity contribution in [1.29, 1.82) is 0 Å². The lowest BCUT2D eigenvalue weighted by atomic mass is 10.3. The standard InChI is InChI=1S/C7H11ClN4S/c1-12-3-2-5(4-12)9-7-6(8)10-13-11-7/h5H,2-4H2,1H3,(H,9,11). The van der Waals surface area contributed by atoms with Gasteiger partial charge in [-0.3, -0.25) is 0 Å². The molecular weight excluding hydrogens is 208 g/mol. The van der Waals surface area contributed by atoms with Crippen LogP contribution < -0.4 is 5.32 Å². The maximum atomic E-state index is 5.82. The third kappa shape index (κ3) is 2.10. The summed E-state index contributed by atoms with van der Waals surface area (Å²) >= 11 is 6.96. The fraction of sp³-hybridized carbons (Fsp3) is 0.714. The summed E-state index contributed by atoms with van der Waals surface area (Å²) < 4.78 is 7.97. The van der Waals surface area contributed by atoms with Crippen molar-refractivity contribution in [1.82, 2.24) is 13.6 Å². The maximum Gasteiger partial charge on any atom is 0.186 e. The predicted octanol–water partition coefficient (Wildman–Crippen LogP) is 1.31. The zero-order valence-electron chi connectivity index (χ0n) is 7.33. The zero-order chi connectivity index (χ0) is 9.26. The molecule has 1 atom stereocenters. The number of nitrogens with one attached hydrogen (secondary N) is 1. The molecule has 0 saturated carbocycles. The molecule has 1 aromatic heterocycles. The first kappa shape index (κ1) is 9.18. The first-order valence-electron chi connectivity index (χ1n) is 4.19. The van der Waals surface area contributed by atoms with Crippen LogP contribution in [-0.2, 0) is 0 Å². The smallest absolute Gasteiger partial charge is 0.186 e. The van der Waals surface area contributed by atoms with Crippen LogP contribution in [0.4, 0.5) is 5.82 Å². The maximum absolute atomic E-state index is 5.82. The molecule has 72 valence electrons. The van der Waals surface area contributed by atoms with Gasteiger partial charge in [-0.25, -0.2) is 0 Å². The van der Waals surface area contributed by atoms with Crippen molar-refractivity contribution in [3.63, 3.8) is 0 Å². The van der Waals surface area contributed by atoms with Gasteiger partial charge in [-0.1, -0.05) is 11.6 Å². The number of aromatic nitrogens is 2. The van der Waals surface area contributed by atoms with Gasteiger partial charge in [0.1, 0.15) is 0 Å². The molecule has 13 heavy (non-hydrogen) atoms. The van der Waals surface area contributed by atoms with Crippen molar-refractivity contribution in [3.05, 3.63) is 5.15 Å². The van der Waals surface area contributed by atoms with Crippen LogP contribution in [-0.4, -0.2) is 39.8 Å². The molecule has 1 aliphatic rings. The summed E-state index contributed by atoms with van der Waals surface area (Å²) in [6, 6.07) is 0.464. The summed E-state index contributed by atoms with van der Waals surface area (Å²) in [6.45, 7) is 2.18. The molecule has 0 bridgehead atoms. The molecule has 1 saturated heterocycles. The molecule has 1 fully saturated rings. The normalized spacial score (nSPS) is 23.7. The van der Waals surface area contributed by atoms with E-state index in [1.165, 1.54) is 0 Å². The Bertz CT molecular complexity index is 290. The zero-order valence-corrected chi connectivity index (χ0v) is 8.90. The van der Waals surface area contributed by atoms with Gasteiger partial charge in [0.05, 0.1) is 11.7 Å². The number of hydrogen-bond acceptors (Lipinski definition) is 5. The summed E-state index contributed by atoms with van der Waals surface area (Å²) in [5.41, 5.74) is 0. The van der Waals surface area contributed by atoms with Crippen LogP contribution in [0.25, 0.3) is 0 Å². The van der Waals surface area contributed by atoms with E-state index in [1.54, 1.807) is 0 Å². The number of likely N-dealkylation sites (tertiary alicyclic amines) is 1. The molecule has 4 nitrogen and oxygen atoms in total. The lowest BCUT2D eigenvalue weighted by molar-refractivity contribution is 0.414. The SMILES string of the molecule is CN1CCC(Nc2nsnc2Cl)C1. The van der Waals surface area contributed by atoms with Crippen molar-refractivity contribution in [2.75, 3.05) is 25.5 Å². The molecule has 1 N–H and O–H groups in total.